The molecule has 0 unspecified atom stereocenters. The number of hydrogen-bond donors (Lipinski definition) is 2. The van der Waals surface area contributed by atoms with Crippen LogP contribution in [0.4, 0.5) is 17.1 Å². The summed E-state index contributed by atoms with van der Waals surface area (Å²) in [5.74, 6) is -1.18. The van der Waals surface area contributed by atoms with Crippen LogP contribution in [0.3, 0.4) is 0 Å². The molecular formula is C24H16Cl3N3O4. The van der Waals surface area contributed by atoms with E-state index in [4.69, 9.17) is 39.5 Å². The summed E-state index contributed by atoms with van der Waals surface area (Å²) in [6, 6.07) is 17.7. The van der Waals surface area contributed by atoms with Crippen molar-refractivity contribution in [1.82, 2.24) is 0 Å². The van der Waals surface area contributed by atoms with Gasteiger partial charge in [0.15, 0.2) is 0 Å². The fourth-order valence-corrected chi connectivity index (χ4v) is 4.03. The van der Waals surface area contributed by atoms with Gasteiger partial charge in [-0.15, -0.1) is 0 Å². The lowest BCUT2D eigenvalue weighted by Crippen LogP contribution is -2.32. The molecule has 4 rings (SSSR count). The smallest absolute Gasteiger partial charge is 0.283 e. The number of rotatable bonds is 6. The Hall–Kier alpha value is -3.52. The van der Waals surface area contributed by atoms with Crippen molar-refractivity contribution in [3.63, 3.8) is 0 Å². The molecule has 1 aliphatic heterocycles. The molecule has 0 bridgehead atoms. The number of ether oxygens (including phenoxy) is 1. The topological polar surface area (TPSA) is 87.7 Å². The van der Waals surface area contributed by atoms with E-state index < -0.39 is 11.8 Å². The first-order chi connectivity index (χ1) is 16.3. The number of carbonyl (C=O) groups is 3. The molecule has 0 radical (unpaired) electrons. The Morgan fingerprint density at radius 3 is 2.24 bits per heavy atom. The van der Waals surface area contributed by atoms with E-state index in [9.17, 15) is 14.4 Å². The van der Waals surface area contributed by atoms with Gasteiger partial charge in [0.1, 0.15) is 16.5 Å². The molecule has 3 aromatic rings. The molecule has 0 saturated heterocycles. The third-order valence-corrected chi connectivity index (χ3v) is 5.64. The largest absolute Gasteiger partial charge is 0.497 e. The van der Waals surface area contributed by atoms with Crippen molar-refractivity contribution in [1.29, 1.82) is 0 Å². The lowest BCUT2D eigenvalue weighted by molar-refractivity contribution is -0.120. The molecule has 1 heterocycles. The van der Waals surface area contributed by atoms with E-state index in [0.717, 1.165) is 4.90 Å². The molecule has 3 aromatic carbocycles. The highest BCUT2D eigenvalue weighted by Gasteiger charge is 2.39. The zero-order valence-corrected chi connectivity index (χ0v) is 19.8. The minimum absolute atomic E-state index is 0.131. The average molecular weight is 517 g/mol. The SMILES string of the molecule is COc1cccc(NC(=O)c2cccc(NC3=C(Cl)C(=O)N(c4cc(Cl)cc(Cl)c4)C3=O)c2)c1. The highest BCUT2D eigenvalue weighted by Crippen LogP contribution is 2.33. The van der Waals surface area contributed by atoms with Gasteiger partial charge >= 0.3 is 0 Å². The Balaban J connectivity index is 1.54. The molecule has 1 aliphatic rings. The average Bonchev–Trinajstić information content (AvgIpc) is 3.01. The third-order valence-electron chi connectivity index (χ3n) is 4.85. The van der Waals surface area contributed by atoms with E-state index in [2.05, 4.69) is 10.6 Å². The van der Waals surface area contributed by atoms with Crippen LogP contribution in [-0.2, 0) is 9.59 Å². The first-order valence-corrected chi connectivity index (χ1v) is 11.0. The number of nitrogens with zero attached hydrogens (tertiary/aromatic N) is 1. The zero-order valence-electron chi connectivity index (χ0n) is 17.6. The number of nitrogens with one attached hydrogen (secondary N) is 2. The number of carbonyl (C=O) groups excluding carboxylic acids is 3. The summed E-state index contributed by atoms with van der Waals surface area (Å²) in [7, 11) is 1.53. The summed E-state index contributed by atoms with van der Waals surface area (Å²) in [4.78, 5) is 39.3. The van der Waals surface area contributed by atoms with Gasteiger partial charge in [-0.1, -0.05) is 46.9 Å². The minimum atomic E-state index is -0.723. The van der Waals surface area contributed by atoms with E-state index in [1.165, 1.54) is 31.4 Å². The lowest BCUT2D eigenvalue weighted by Gasteiger charge is -2.16. The van der Waals surface area contributed by atoms with Crippen molar-refractivity contribution in [2.45, 2.75) is 0 Å². The van der Waals surface area contributed by atoms with Crippen LogP contribution in [0.1, 0.15) is 10.4 Å². The molecule has 0 saturated carbocycles. The van der Waals surface area contributed by atoms with Crippen molar-refractivity contribution in [2.24, 2.45) is 0 Å². The third kappa shape index (κ3) is 4.87. The molecule has 0 spiro atoms. The maximum absolute atomic E-state index is 13.0. The first-order valence-electron chi connectivity index (χ1n) is 9.84. The summed E-state index contributed by atoms with van der Waals surface area (Å²) in [6.07, 6.45) is 0. The lowest BCUT2D eigenvalue weighted by atomic mass is 10.1. The number of hydrogen-bond acceptors (Lipinski definition) is 5. The maximum atomic E-state index is 13.0. The van der Waals surface area contributed by atoms with Crippen LogP contribution in [0.5, 0.6) is 5.75 Å². The van der Waals surface area contributed by atoms with E-state index in [1.807, 2.05) is 0 Å². The van der Waals surface area contributed by atoms with Crippen LogP contribution in [0.15, 0.2) is 77.5 Å². The van der Waals surface area contributed by atoms with Gasteiger partial charge in [0.05, 0.1) is 12.8 Å². The molecule has 172 valence electrons. The summed E-state index contributed by atoms with van der Waals surface area (Å²) < 4.78 is 5.16. The fourth-order valence-electron chi connectivity index (χ4n) is 3.30. The van der Waals surface area contributed by atoms with Crippen molar-refractivity contribution < 1.29 is 19.1 Å². The van der Waals surface area contributed by atoms with Crippen LogP contribution < -0.4 is 20.3 Å². The van der Waals surface area contributed by atoms with Gasteiger partial charge in [-0.05, 0) is 48.5 Å². The number of imide groups is 1. The molecule has 0 atom stereocenters. The van der Waals surface area contributed by atoms with Gasteiger partial charge in [-0.2, -0.15) is 0 Å². The van der Waals surface area contributed by atoms with Crippen LogP contribution in [-0.4, -0.2) is 24.8 Å². The first kappa shape index (κ1) is 23.6. The fraction of sp³-hybridized carbons (Fsp3) is 0.0417. The van der Waals surface area contributed by atoms with Gasteiger partial charge in [-0.3, -0.25) is 14.4 Å². The number of anilines is 3. The van der Waals surface area contributed by atoms with Gasteiger partial charge in [-0.25, -0.2) is 4.90 Å². The molecule has 0 fully saturated rings. The second-order valence-electron chi connectivity index (χ2n) is 7.15. The standard InChI is InChI=1S/C24H16Cl3N3O4/c1-34-19-7-3-6-17(12-19)29-22(31)13-4-2-5-16(8-13)28-21-20(27)23(32)30(24(21)33)18-10-14(25)9-15(26)11-18/h2-12,28H,1H3,(H,29,31). The molecule has 0 aromatic heterocycles. The summed E-state index contributed by atoms with van der Waals surface area (Å²) in [6.45, 7) is 0. The van der Waals surface area contributed by atoms with Crippen molar-refractivity contribution in [3.8, 4) is 5.75 Å². The number of halogens is 3. The summed E-state index contributed by atoms with van der Waals surface area (Å²) in [5, 5.41) is 5.85. The number of amides is 3. The molecule has 0 aliphatic carbocycles. The molecular weight excluding hydrogens is 501 g/mol. The molecule has 10 heteroatoms. The van der Waals surface area contributed by atoms with Crippen molar-refractivity contribution in [2.75, 3.05) is 22.6 Å². The van der Waals surface area contributed by atoms with Crippen LogP contribution in [0.25, 0.3) is 0 Å². The van der Waals surface area contributed by atoms with Gasteiger partial charge in [0, 0.05) is 33.0 Å². The van der Waals surface area contributed by atoms with Gasteiger partial charge in [0.25, 0.3) is 17.7 Å². The predicted octanol–water partition coefficient (Wildman–Crippen LogP) is 5.69. The Morgan fingerprint density at radius 2 is 1.53 bits per heavy atom. The minimum Gasteiger partial charge on any atom is -0.497 e. The highest BCUT2D eigenvalue weighted by molar-refractivity contribution is 6.53. The Kier molecular flexibility index (Phi) is 6.79. The monoisotopic (exact) mass is 515 g/mol. The van der Waals surface area contributed by atoms with Gasteiger partial charge in [0.2, 0.25) is 0 Å². The highest BCUT2D eigenvalue weighted by atomic mass is 35.5. The Bertz CT molecular complexity index is 1340. The second-order valence-corrected chi connectivity index (χ2v) is 8.41. The maximum Gasteiger partial charge on any atom is 0.283 e. The molecule has 7 nitrogen and oxygen atoms in total. The predicted molar refractivity (Wildman–Crippen MR) is 133 cm³/mol. The van der Waals surface area contributed by atoms with E-state index >= 15 is 0 Å². The Morgan fingerprint density at radius 1 is 0.853 bits per heavy atom. The van der Waals surface area contributed by atoms with E-state index in [1.54, 1.807) is 42.5 Å². The summed E-state index contributed by atoms with van der Waals surface area (Å²) in [5.41, 5.74) is 1.32. The molecule has 2 N–H and O–H groups in total. The van der Waals surface area contributed by atoms with Crippen LogP contribution >= 0.6 is 34.8 Å². The van der Waals surface area contributed by atoms with Crippen molar-refractivity contribution in [3.05, 3.63) is 93.1 Å². The number of benzene rings is 3. The summed E-state index contributed by atoms with van der Waals surface area (Å²) >= 11 is 18.2. The second kappa shape index (κ2) is 9.77. The Labute approximate surface area is 209 Å². The van der Waals surface area contributed by atoms with E-state index in [0.29, 0.717) is 22.7 Å². The van der Waals surface area contributed by atoms with Crippen LogP contribution in [0, 0.1) is 0 Å². The van der Waals surface area contributed by atoms with Crippen LogP contribution in [0.2, 0.25) is 10.0 Å². The van der Waals surface area contributed by atoms with E-state index in [-0.39, 0.29) is 32.4 Å². The number of methoxy groups -OCH3 is 1. The van der Waals surface area contributed by atoms with Crippen molar-refractivity contribution >= 4 is 69.6 Å². The quantitative estimate of drug-likeness (QED) is 0.411. The van der Waals surface area contributed by atoms with Gasteiger partial charge < -0.3 is 15.4 Å². The molecule has 34 heavy (non-hydrogen) atoms. The molecule has 3 amide bonds. The normalized spacial score (nSPS) is 13.4. The zero-order chi connectivity index (χ0) is 24.4.